The van der Waals surface area contributed by atoms with Gasteiger partial charge in [-0.15, -0.1) is 6.58 Å². The average molecular weight is 129 g/mol. The average Bonchev–Trinajstić information content (AvgIpc) is 1.89. The van der Waals surface area contributed by atoms with Crippen molar-refractivity contribution in [2.45, 2.75) is 6.04 Å². The van der Waals surface area contributed by atoms with Crippen LogP contribution in [0.25, 0.3) is 0 Å². The first-order valence-electron chi connectivity index (χ1n) is 2.70. The van der Waals surface area contributed by atoms with Gasteiger partial charge in [-0.1, -0.05) is 6.08 Å². The van der Waals surface area contributed by atoms with E-state index in [9.17, 15) is 4.79 Å². The maximum atomic E-state index is 9.87. The second-order valence-electron chi connectivity index (χ2n) is 1.63. The normalized spacial score (nSPS) is 12.6. The van der Waals surface area contributed by atoms with E-state index in [0.717, 1.165) is 0 Å². The molecule has 0 heterocycles. The van der Waals surface area contributed by atoms with E-state index >= 15 is 0 Å². The first kappa shape index (κ1) is 8.33. The van der Waals surface area contributed by atoms with Gasteiger partial charge in [0.25, 0.3) is 0 Å². The van der Waals surface area contributed by atoms with Crippen LogP contribution in [0.4, 0.5) is 0 Å². The fourth-order valence-corrected chi connectivity index (χ4v) is 0.327. The van der Waals surface area contributed by atoms with Crippen LogP contribution in [-0.2, 0) is 9.53 Å². The minimum Gasteiger partial charge on any atom is -0.375 e. The van der Waals surface area contributed by atoms with Crippen LogP contribution >= 0.6 is 0 Å². The van der Waals surface area contributed by atoms with Gasteiger partial charge in [0.15, 0.2) is 0 Å². The van der Waals surface area contributed by atoms with Crippen molar-refractivity contribution in [3.8, 4) is 0 Å². The molecule has 0 radical (unpaired) electrons. The van der Waals surface area contributed by atoms with Crippen LogP contribution in [0.15, 0.2) is 12.7 Å². The smallest absolute Gasteiger partial charge is 0.139 e. The molecule has 1 atom stereocenters. The Bertz CT molecular complexity index is 93.1. The van der Waals surface area contributed by atoms with Crippen molar-refractivity contribution < 1.29 is 9.53 Å². The molecule has 0 spiro atoms. The fraction of sp³-hybridized carbons (Fsp3) is 0.500. The van der Waals surface area contributed by atoms with Crippen molar-refractivity contribution >= 4 is 6.29 Å². The lowest BCUT2D eigenvalue weighted by Crippen LogP contribution is -2.27. The molecular formula is C6H11NO2. The molecule has 2 N–H and O–H groups in total. The third kappa shape index (κ3) is 5.20. The number of nitrogens with two attached hydrogens (primary N) is 1. The molecule has 0 aliphatic rings. The number of aldehydes is 1. The SMILES string of the molecule is C=CCOC[C@@H](N)C=O. The number of ether oxygens (including phenoxy) is 1. The summed E-state index contributed by atoms with van der Waals surface area (Å²) in [6.07, 6.45) is 2.26. The topological polar surface area (TPSA) is 52.3 Å². The third-order valence-corrected chi connectivity index (χ3v) is 0.721. The third-order valence-electron chi connectivity index (χ3n) is 0.721. The molecule has 0 aliphatic heterocycles. The molecule has 0 saturated heterocycles. The summed E-state index contributed by atoms with van der Waals surface area (Å²) in [7, 11) is 0. The summed E-state index contributed by atoms with van der Waals surface area (Å²) in [6.45, 7) is 4.15. The Morgan fingerprint density at radius 2 is 2.44 bits per heavy atom. The van der Waals surface area contributed by atoms with Crippen molar-refractivity contribution in [2.24, 2.45) is 5.73 Å². The predicted molar refractivity (Wildman–Crippen MR) is 35.1 cm³/mol. The van der Waals surface area contributed by atoms with E-state index in [-0.39, 0.29) is 6.61 Å². The number of carbonyl (C=O) groups is 1. The molecule has 0 rings (SSSR count). The van der Waals surface area contributed by atoms with Gasteiger partial charge in [0.05, 0.1) is 19.3 Å². The Balaban J connectivity index is 3.05. The molecule has 52 valence electrons. The van der Waals surface area contributed by atoms with E-state index in [4.69, 9.17) is 10.5 Å². The van der Waals surface area contributed by atoms with Crippen LogP contribution in [0.5, 0.6) is 0 Å². The number of rotatable bonds is 5. The summed E-state index contributed by atoms with van der Waals surface area (Å²) >= 11 is 0. The Morgan fingerprint density at radius 3 is 2.89 bits per heavy atom. The minimum atomic E-state index is -0.495. The highest BCUT2D eigenvalue weighted by molar-refractivity contribution is 5.57. The lowest BCUT2D eigenvalue weighted by molar-refractivity contribution is -0.110. The fourth-order valence-electron chi connectivity index (χ4n) is 0.327. The monoisotopic (exact) mass is 129 g/mol. The molecule has 3 nitrogen and oxygen atoms in total. The Kier molecular flexibility index (Phi) is 5.06. The van der Waals surface area contributed by atoms with Crippen LogP contribution in [0.1, 0.15) is 0 Å². The van der Waals surface area contributed by atoms with Crippen molar-refractivity contribution in [2.75, 3.05) is 13.2 Å². The van der Waals surface area contributed by atoms with E-state index < -0.39 is 6.04 Å². The second kappa shape index (κ2) is 5.47. The zero-order chi connectivity index (χ0) is 7.11. The van der Waals surface area contributed by atoms with Gasteiger partial charge in [0.2, 0.25) is 0 Å². The van der Waals surface area contributed by atoms with E-state index in [1.54, 1.807) is 6.08 Å². The molecule has 0 unspecified atom stereocenters. The molecule has 0 aliphatic carbocycles. The Hall–Kier alpha value is -0.670. The van der Waals surface area contributed by atoms with Crippen LogP contribution in [0.3, 0.4) is 0 Å². The Labute approximate surface area is 54.5 Å². The maximum absolute atomic E-state index is 9.87. The van der Waals surface area contributed by atoms with Crippen molar-refractivity contribution in [3.05, 3.63) is 12.7 Å². The van der Waals surface area contributed by atoms with Crippen LogP contribution in [0, 0.1) is 0 Å². The molecule has 0 fully saturated rings. The largest absolute Gasteiger partial charge is 0.375 e. The van der Waals surface area contributed by atoms with Gasteiger partial charge in [-0.25, -0.2) is 0 Å². The molecule has 9 heavy (non-hydrogen) atoms. The number of hydrogen-bond donors (Lipinski definition) is 1. The van der Waals surface area contributed by atoms with E-state index in [2.05, 4.69) is 6.58 Å². The lowest BCUT2D eigenvalue weighted by atomic mass is 10.4. The number of hydrogen-bond acceptors (Lipinski definition) is 3. The predicted octanol–water partition coefficient (Wildman–Crippen LogP) is -0.285. The van der Waals surface area contributed by atoms with E-state index in [1.807, 2.05) is 0 Å². The zero-order valence-electron chi connectivity index (χ0n) is 5.25. The van der Waals surface area contributed by atoms with Crippen LogP contribution in [0.2, 0.25) is 0 Å². The lowest BCUT2D eigenvalue weighted by Gasteiger charge is -2.01. The summed E-state index contributed by atoms with van der Waals surface area (Å²) in [6, 6.07) is -0.495. The van der Waals surface area contributed by atoms with Gasteiger partial charge >= 0.3 is 0 Å². The maximum Gasteiger partial charge on any atom is 0.139 e. The molecule has 0 aromatic rings. The highest BCUT2D eigenvalue weighted by Gasteiger charge is 1.96. The molecule has 0 amide bonds. The molecule has 0 aromatic carbocycles. The standard InChI is InChI=1S/C6H11NO2/c1-2-3-9-5-6(7)4-8/h2,4,6H,1,3,5,7H2/t6-/m0/s1. The van der Waals surface area contributed by atoms with E-state index in [0.29, 0.717) is 12.9 Å². The first-order chi connectivity index (χ1) is 4.31. The van der Waals surface area contributed by atoms with Crippen molar-refractivity contribution in [3.63, 3.8) is 0 Å². The van der Waals surface area contributed by atoms with Gasteiger partial charge in [-0.2, -0.15) is 0 Å². The van der Waals surface area contributed by atoms with Gasteiger partial charge in [-0.05, 0) is 0 Å². The quantitative estimate of drug-likeness (QED) is 0.315. The molecule has 0 saturated carbocycles. The van der Waals surface area contributed by atoms with E-state index in [1.165, 1.54) is 0 Å². The Morgan fingerprint density at radius 1 is 1.78 bits per heavy atom. The summed E-state index contributed by atoms with van der Waals surface area (Å²) in [5.74, 6) is 0. The summed E-state index contributed by atoms with van der Waals surface area (Å²) in [5.41, 5.74) is 5.19. The summed E-state index contributed by atoms with van der Waals surface area (Å²) < 4.78 is 4.86. The van der Waals surface area contributed by atoms with Crippen LogP contribution < -0.4 is 5.73 Å². The van der Waals surface area contributed by atoms with Gasteiger partial charge in [-0.3, -0.25) is 0 Å². The highest BCUT2D eigenvalue weighted by Crippen LogP contribution is 1.77. The molecule has 3 heteroatoms. The minimum absolute atomic E-state index is 0.273. The highest BCUT2D eigenvalue weighted by atomic mass is 16.5. The number of carbonyl (C=O) groups excluding carboxylic acids is 1. The molecule has 0 aromatic heterocycles. The van der Waals surface area contributed by atoms with Crippen molar-refractivity contribution in [1.29, 1.82) is 0 Å². The molecular weight excluding hydrogens is 118 g/mol. The first-order valence-corrected chi connectivity index (χ1v) is 2.70. The van der Waals surface area contributed by atoms with Crippen molar-refractivity contribution in [1.82, 2.24) is 0 Å². The van der Waals surface area contributed by atoms with Gasteiger partial charge in [0, 0.05) is 0 Å². The van der Waals surface area contributed by atoms with Gasteiger partial charge in [0.1, 0.15) is 6.29 Å². The van der Waals surface area contributed by atoms with Gasteiger partial charge < -0.3 is 15.3 Å². The summed E-state index contributed by atoms with van der Waals surface area (Å²) in [5, 5.41) is 0. The second-order valence-corrected chi connectivity index (χ2v) is 1.63. The zero-order valence-corrected chi connectivity index (χ0v) is 5.25. The summed E-state index contributed by atoms with van der Waals surface area (Å²) in [4.78, 5) is 9.87. The molecule has 0 bridgehead atoms. The van der Waals surface area contributed by atoms with Crippen LogP contribution in [-0.4, -0.2) is 25.5 Å².